The van der Waals surface area contributed by atoms with Gasteiger partial charge in [-0.15, -0.1) is 0 Å². The Morgan fingerprint density at radius 3 is 2.65 bits per heavy atom. The fourth-order valence-electron chi connectivity index (χ4n) is 1.63. The number of hydrogen-bond donors (Lipinski definition) is 0. The Morgan fingerprint density at radius 2 is 2.00 bits per heavy atom. The Labute approximate surface area is 101 Å². The van der Waals surface area contributed by atoms with Gasteiger partial charge in [0.25, 0.3) is 5.91 Å². The van der Waals surface area contributed by atoms with Gasteiger partial charge in [0.05, 0.1) is 12.5 Å². The molecular formula is C13H15N3O. The summed E-state index contributed by atoms with van der Waals surface area (Å²) in [5.74, 6) is -0.0292. The molecule has 4 nitrogen and oxygen atoms in total. The fraction of sp³-hybridized carbons (Fsp3) is 0.231. The minimum Gasteiger partial charge on any atom is -0.343 e. The van der Waals surface area contributed by atoms with Crippen molar-refractivity contribution >= 4 is 5.91 Å². The molecule has 0 saturated carbocycles. The van der Waals surface area contributed by atoms with E-state index in [4.69, 9.17) is 0 Å². The minimum absolute atomic E-state index is 0.0292. The molecule has 1 aromatic carbocycles. The molecule has 0 unspecified atom stereocenters. The predicted octanol–water partition coefficient (Wildman–Crippen LogP) is 1.63. The third-order valence-electron chi connectivity index (χ3n) is 2.53. The van der Waals surface area contributed by atoms with E-state index in [0.29, 0.717) is 12.2 Å². The quantitative estimate of drug-likeness (QED) is 0.802. The lowest BCUT2D eigenvalue weighted by molar-refractivity contribution is 0.0817. The number of nitrogens with zero attached hydrogens (tertiary/aromatic N) is 3. The number of hydrogen-bond acceptors (Lipinski definition) is 2. The minimum atomic E-state index is -0.0292. The monoisotopic (exact) mass is 229 g/mol. The van der Waals surface area contributed by atoms with Gasteiger partial charge >= 0.3 is 0 Å². The van der Waals surface area contributed by atoms with Crippen molar-refractivity contribution in [3.05, 3.63) is 54.1 Å². The van der Waals surface area contributed by atoms with E-state index in [9.17, 15) is 4.79 Å². The summed E-state index contributed by atoms with van der Waals surface area (Å²) in [4.78, 5) is 17.5. The van der Waals surface area contributed by atoms with Gasteiger partial charge in [0.15, 0.2) is 0 Å². The number of amides is 1. The molecule has 0 N–H and O–H groups in total. The zero-order chi connectivity index (χ0) is 12.3. The molecule has 0 fully saturated rings. The van der Waals surface area contributed by atoms with Crippen molar-refractivity contribution < 1.29 is 4.79 Å². The van der Waals surface area contributed by atoms with E-state index < -0.39 is 0 Å². The first-order valence-electron chi connectivity index (χ1n) is 5.44. The predicted molar refractivity (Wildman–Crippen MR) is 65.8 cm³/mol. The molecule has 4 heteroatoms. The van der Waals surface area contributed by atoms with E-state index in [1.807, 2.05) is 34.9 Å². The molecule has 0 aliphatic heterocycles. The highest BCUT2D eigenvalue weighted by Crippen LogP contribution is 2.07. The summed E-state index contributed by atoms with van der Waals surface area (Å²) in [6, 6.07) is 10.0. The fourth-order valence-corrected chi connectivity index (χ4v) is 1.63. The van der Waals surface area contributed by atoms with Crippen LogP contribution in [-0.4, -0.2) is 34.5 Å². The molecule has 1 heterocycles. The van der Waals surface area contributed by atoms with Crippen molar-refractivity contribution in [2.24, 2.45) is 0 Å². The summed E-state index contributed by atoms with van der Waals surface area (Å²) in [6.07, 6.45) is 3.29. The van der Waals surface area contributed by atoms with E-state index in [2.05, 4.69) is 4.98 Å². The molecule has 0 saturated heterocycles. The number of aromatic nitrogens is 2. The standard InChI is InChI=1S/C13H15N3O/c1-15(2)13(17)12-8-14-10-16(12)9-11-6-4-3-5-7-11/h3-8,10H,9H2,1-2H3. The first kappa shape index (κ1) is 11.4. The third kappa shape index (κ3) is 2.53. The van der Waals surface area contributed by atoms with Crippen LogP contribution in [0.2, 0.25) is 0 Å². The van der Waals surface area contributed by atoms with Gasteiger partial charge in [-0.2, -0.15) is 0 Å². The normalized spacial score (nSPS) is 10.2. The van der Waals surface area contributed by atoms with Crippen LogP contribution in [0, 0.1) is 0 Å². The van der Waals surface area contributed by atoms with Gasteiger partial charge in [0.2, 0.25) is 0 Å². The van der Waals surface area contributed by atoms with Crippen molar-refractivity contribution in [2.45, 2.75) is 6.54 Å². The first-order chi connectivity index (χ1) is 8.18. The highest BCUT2D eigenvalue weighted by atomic mass is 16.2. The maximum absolute atomic E-state index is 11.9. The number of rotatable bonds is 3. The molecule has 0 spiro atoms. The Kier molecular flexibility index (Phi) is 3.23. The molecule has 88 valence electrons. The number of imidazole rings is 1. The van der Waals surface area contributed by atoms with Crippen LogP contribution in [0.4, 0.5) is 0 Å². The van der Waals surface area contributed by atoms with Crippen LogP contribution >= 0.6 is 0 Å². The molecule has 17 heavy (non-hydrogen) atoms. The second-order valence-corrected chi connectivity index (χ2v) is 4.09. The van der Waals surface area contributed by atoms with Gasteiger partial charge in [-0.1, -0.05) is 30.3 Å². The molecule has 2 aromatic rings. The van der Waals surface area contributed by atoms with E-state index in [0.717, 1.165) is 5.56 Å². The molecule has 2 rings (SSSR count). The lowest BCUT2D eigenvalue weighted by Gasteiger charge is -2.12. The van der Waals surface area contributed by atoms with Crippen LogP contribution in [0.5, 0.6) is 0 Å². The number of carbonyl (C=O) groups is 1. The molecule has 0 atom stereocenters. The zero-order valence-corrected chi connectivity index (χ0v) is 10.00. The van der Waals surface area contributed by atoms with Crippen molar-refractivity contribution in [2.75, 3.05) is 14.1 Å². The Morgan fingerprint density at radius 1 is 1.29 bits per heavy atom. The second-order valence-electron chi connectivity index (χ2n) is 4.09. The van der Waals surface area contributed by atoms with Crippen LogP contribution in [0.3, 0.4) is 0 Å². The summed E-state index contributed by atoms with van der Waals surface area (Å²) in [5.41, 5.74) is 1.76. The molecule has 1 aromatic heterocycles. The van der Waals surface area contributed by atoms with Crippen LogP contribution < -0.4 is 0 Å². The number of benzene rings is 1. The van der Waals surface area contributed by atoms with E-state index in [-0.39, 0.29) is 5.91 Å². The average molecular weight is 229 g/mol. The third-order valence-corrected chi connectivity index (χ3v) is 2.53. The van der Waals surface area contributed by atoms with Gasteiger partial charge in [-0.05, 0) is 5.56 Å². The van der Waals surface area contributed by atoms with Crippen LogP contribution in [0.15, 0.2) is 42.9 Å². The summed E-state index contributed by atoms with van der Waals surface area (Å²) < 4.78 is 1.86. The Hall–Kier alpha value is -2.10. The lowest BCUT2D eigenvalue weighted by Crippen LogP contribution is -2.24. The zero-order valence-electron chi connectivity index (χ0n) is 10.00. The van der Waals surface area contributed by atoms with Crippen molar-refractivity contribution in [3.63, 3.8) is 0 Å². The largest absolute Gasteiger partial charge is 0.343 e. The van der Waals surface area contributed by atoms with E-state index in [1.165, 1.54) is 0 Å². The van der Waals surface area contributed by atoms with Crippen LogP contribution in [-0.2, 0) is 6.54 Å². The molecule has 0 aliphatic carbocycles. The highest BCUT2D eigenvalue weighted by Gasteiger charge is 2.13. The van der Waals surface area contributed by atoms with Crippen LogP contribution in [0.25, 0.3) is 0 Å². The molecule has 1 amide bonds. The van der Waals surface area contributed by atoms with E-state index >= 15 is 0 Å². The van der Waals surface area contributed by atoms with Crippen molar-refractivity contribution in [1.29, 1.82) is 0 Å². The van der Waals surface area contributed by atoms with Gasteiger partial charge < -0.3 is 9.47 Å². The topological polar surface area (TPSA) is 38.1 Å². The van der Waals surface area contributed by atoms with Crippen molar-refractivity contribution in [3.8, 4) is 0 Å². The molecule has 0 bridgehead atoms. The Balaban J connectivity index is 2.23. The van der Waals surface area contributed by atoms with Crippen molar-refractivity contribution in [1.82, 2.24) is 14.5 Å². The molecule has 0 aliphatic rings. The van der Waals surface area contributed by atoms with Gasteiger partial charge in [-0.25, -0.2) is 4.98 Å². The first-order valence-corrected chi connectivity index (χ1v) is 5.44. The summed E-state index contributed by atoms with van der Waals surface area (Å²) in [5, 5.41) is 0. The van der Waals surface area contributed by atoms with Gasteiger partial charge in [-0.3, -0.25) is 4.79 Å². The average Bonchev–Trinajstić information content (AvgIpc) is 2.77. The van der Waals surface area contributed by atoms with Gasteiger partial charge in [0, 0.05) is 20.6 Å². The molecule has 0 radical (unpaired) electrons. The molecular weight excluding hydrogens is 214 g/mol. The smallest absolute Gasteiger partial charge is 0.271 e. The maximum atomic E-state index is 11.9. The number of carbonyl (C=O) groups excluding carboxylic acids is 1. The highest BCUT2D eigenvalue weighted by molar-refractivity contribution is 5.92. The SMILES string of the molecule is CN(C)C(=O)c1cncn1Cc1ccccc1. The lowest BCUT2D eigenvalue weighted by atomic mass is 10.2. The van der Waals surface area contributed by atoms with Crippen LogP contribution in [0.1, 0.15) is 16.1 Å². The second kappa shape index (κ2) is 4.82. The summed E-state index contributed by atoms with van der Waals surface area (Å²) in [6.45, 7) is 0.662. The summed E-state index contributed by atoms with van der Waals surface area (Å²) >= 11 is 0. The summed E-state index contributed by atoms with van der Waals surface area (Å²) in [7, 11) is 3.48. The Bertz CT molecular complexity index is 502. The van der Waals surface area contributed by atoms with Gasteiger partial charge in [0.1, 0.15) is 5.69 Å². The maximum Gasteiger partial charge on any atom is 0.271 e. The van der Waals surface area contributed by atoms with E-state index in [1.54, 1.807) is 31.5 Å².